The summed E-state index contributed by atoms with van der Waals surface area (Å²) in [7, 11) is 1.96. The zero-order valence-electron chi connectivity index (χ0n) is 10.9. The second kappa shape index (κ2) is 5.43. The average Bonchev–Trinajstić information content (AvgIpc) is 2.77. The Morgan fingerprint density at radius 2 is 1.95 bits per heavy atom. The van der Waals surface area contributed by atoms with E-state index in [1.54, 1.807) is 18.3 Å². The molecule has 0 aliphatic rings. The standard InChI is InChI=1S/C13H17N5O/c1-9(12-15-7-8-18(12)2)16-10-3-5-11(6-4-10)17-13(14)19/h3-9,16H,1-2H3,(H3,14,17,19). The normalized spacial score (nSPS) is 11.9. The summed E-state index contributed by atoms with van der Waals surface area (Å²) in [5, 5.41) is 5.85. The summed E-state index contributed by atoms with van der Waals surface area (Å²) >= 11 is 0. The molecule has 0 saturated carbocycles. The Morgan fingerprint density at radius 3 is 2.47 bits per heavy atom. The van der Waals surface area contributed by atoms with Crippen LogP contribution in [-0.2, 0) is 7.05 Å². The van der Waals surface area contributed by atoms with Crippen molar-refractivity contribution in [3.63, 3.8) is 0 Å². The topological polar surface area (TPSA) is 85.0 Å². The minimum Gasteiger partial charge on any atom is -0.375 e. The summed E-state index contributed by atoms with van der Waals surface area (Å²) in [6.45, 7) is 2.04. The van der Waals surface area contributed by atoms with E-state index in [-0.39, 0.29) is 6.04 Å². The van der Waals surface area contributed by atoms with Gasteiger partial charge in [0, 0.05) is 30.8 Å². The number of hydrogen-bond acceptors (Lipinski definition) is 3. The highest BCUT2D eigenvalue weighted by Crippen LogP contribution is 2.19. The van der Waals surface area contributed by atoms with Crippen LogP contribution in [0.2, 0.25) is 0 Å². The number of carbonyl (C=O) groups excluding carboxylic acids is 1. The molecule has 0 spiro atoms. The highest BCUT2D eigenvalue weighted by Gasteiger charge is 2.09. The number of imidazole rings is 1. The molecule has 0 aliphatic carbocycles. The number of nitrogens with two attached hydrogens (primary N) is 1. The molecule has 2 rings (SSSR count). The van der Waals surface area contributed by atoms with Gasteiger partial charge < -0.3 is 20.9 Å². The van der Waals surface area contributed by atoms with Crippen LogP contribution in [0.15, 0.2) is 36.7 Å². The Morgan fingerprint density at radius 1 is 1.32 bits per heavy atom. The molecule has 0 saturated heterocycles. The summed E-state index contributed by atoms with van der Waals surface area (Å²) in [5.74, 6) is 0.958. The summed E-state index contributed by atoms with van der Waals surface area (Å²) < 4.78 is 1.97. The predicted molar refractivity (Wildman–Crippen MR) is 74.9 cm³/mol. The van der Waals surface area contributed by atoms with E-state index < -0.39 is 6.03 Å². The highest BCUT2D eigenvalue weighted by molar-refractivity contribution is 5.87. The van der Waals surface area contributed by atoms with Gasteiger partial charge in [-0.15, -0.1) is 0 Å². The minimum atomic E-state index is -0.568. The van der Waals surface area contributed by atoms with E-state index in [2.05, 4.69) is 15.6 Å². The Balaban J connectivity index is 2.03. The van der Waals surface area contributed by atoms with Crippen LogP contribution in [-0.4, -0.2) is 15.6 Å². The van der Waals surface area contributed by atoms with Crippen LogP contribution < -0.4 is 16.4 Å². The fraction of sp³-hybridized carbons (Fsp3) is 0.231. The number of carbonyl (C=O) groups is 1. The number of hydrogen-bond donors (Lipinski definition) is 3. The number of nitrogens with one attached hydrogen (secondary N) is 2. The molecular weight excluding hydrogens is 242 g/mol. The first-order chi connectivity index (χ1) is 9.06. The van der Waals surface area contributed by atoms with E-state index in [4.69, 9.17) is 5.73 Å². The second-order valence-electron chi connectivity index (χ2n) is 4.33. The number of aromatic nitrogens is 2. The zero-order valence-corrected chi connectivity index (χ0v) is 10.9. The Bertz CT molecular complexity index is 561. The van der Waals surface area contributed by atoms with Gasteiger partial charge in [-0.1, -0.05) is 0 Å². The first-order valence-corrected chi connectivity index (χ1v) is 5.96. The monoisotopic (exact) mass is 259 g/mol. The van der Waals surface area contributed by atoms with Crippen LogP contribution in [0.3, 0.4) is 0 Å². The van der Waals surface area contributed by atoms with Gasteiger partial charge in [-0.3, -0.25) is 0 Å². The van der Waals surface area contributed by atoms with Crippen LogP contribution in [0.5, 0.6) is 0 Å². The molecule has 1 aromatic carbocycles. The van der Waals surface area contributed by atoms with Gasteiger partial charge in [0.15, 0.2) is 0 Å². The summed E-state index contributed by atoms with van der Waals surface area (Å²) in [6, 6.07) is 6.86. The van der Waals surface area contributed by atoms with Gasteiger partial charge in [0.2, 0.25) is 0 Å². The first-order valence-electron chi connectivity index (χ1n) is 5.96. The predicted octanol–water partition coefficient (Wildman–Crippen LogP) is 2.08. The maximum atomic E-state index is 10.7. The lowest BCUT2D eigenvalue weighted by Gasteiger charge is -2.15. The van der Waals surface area contributed by atoms with Crippen molar-refractivity contribution in [2.24, 2.45) is 12.8 Å². The molecule has 1 unspecified atom stereocenters. The van der Waals surface area contributed by atoms with Crippen molar-refractivity contribution < 1.29 is 4.79 Å². The number of urea groups is 1. The van der Waals surface area contributed by atoms with Crippen LogP contribution in [0.4, 0.5) is 16.2 Å². The number of primary amides is 1. The fourth-order valence-corrected chi connectivity index (χ4v) is 1.90. The molecule has 19 heavy (non-hydrogen) atoms. The molecule has 6 heteroatoms. The van der Waals surface area contributed by atoms with Crippen LogP contribution in [0, 0.1) is 0 Å². The van der Waals surface area contributed by atoms with Gasteiger partial charge in [-0.05, 0) is 31.2 Å². The maximum absolute atomic E-state index is 10.7. The quantitative estimate of drug-likeness (QED) is 0.785. The third kappa shape index (κ3) is 3.25. The van der Waals surface area contributed by atoms with Crippen LogP contribution in [0.1, 0.15) is 18.8 Å². The van der Waals surface area contributed by atoms with Crippen molar-refractivity contribution in [3.8, 4) is 0 Å². The van der Waals surface area contributed by atoms with E-state index >= 15 is 0 Å². The number of benzene rings is 1. The van der Waals surface area contributed by atoms with Crippen molar-refractivity contribution in [1.29, 1.82) is 0 Å². The van der Waals surface area contributed by atoms with E-state index in [1.807, 2.05) is 36.9 Å². The van der Waals surface area contributed by atoms with Gasteiger partial charge in [0.1, 0.15) is 5.82 Å². The number of amides is 2. The fourth-order valence-electron chi connectivity index (χ4n) is 1.90. The Kier molecular flexibility index (Phi) is 3.70. The lowest BCUT2D eigenvalue weighted by molar-refractivity contribution is 0.259. The molecule has 2 amide bonds. The van der Waals surface area contributed by atoms with Gasteiger partial charge in [0.25, 0.3) is 0 Å². The number of nitrogens with zero attached hydrogens (tertiary/aromatic N) is 2. The molecular formula is C13H17N5O. The van der Waals surface area contributed by atoms with Gasteiger partial charge in [-0.2, -0.15) is 0 Å². The number of anilines is 2. The van der Waals surface area contributed by atoms with E-state index in [1.165, 1.54) is 0 Å². The lowest BCUT2D eigenvalue weighted by atomic mass is 10.2. The Labute approximate surface area is 111 Å². The Hall–Kier alpha value is -2.50. The van der Waals surface area contributed by atoms with Gasteiger partial charge >= 0.3 is 6.03 Å². The highest BCUT2D eigenvalue weighted by atomic mass is 16.2. The average molecular weight is 259 g/mol. The SMILES string of the molecule is CC(Nc1ccc(NC(N)=O)cc1)c1nccn1C. The second-order valence-corrected chi connectivity index (χ2v) is 4.33. The molecule has 0 bridgehead atoms. The summed E-state index contributed by atoms with van der Waals surface area (Å²) in [5.41, 5.74) is 6.67. The molecule has 1 atom stereocenters. The first kappa shape index (κ1) is 12.9. The van der Waals surface area contributed by atoms with Gasteiger partial charge in [0.05, 0.1) is 6.04 Å². The molecule has 2 aromatic rings. The van der Waals surface area contributed by atoms with Crippen molar-refractivity contribution in [1.82, 2.24) is 9.55 Å². The molecule has 0 radical (unpaired) electrons. The summed E-state index contributed by atoms with van der Waals surface area (Å²) in [6.07, 6.45) is 3.68. The zero-order chi connectivity index (χ0) is 13.8. The largest absolute Gasteiger partial charge is 0.375 e. The maximum Gasteiger partial charge on any atom is 0.316 e. The van der Waals surface area contributed by atoms with Crippen LogP contribution >= 0.6 is 0 Å². The smallest absolute Gasteiger partial charge is 0.316 e. The molecule has 100 valence electrons. The van der Waals surface area contributed by atoms with Crippen molar-refractivity contribution >= 4 is 17.4 Å². The van der Waals surface area contributed by atoms with E-state index in [0.29, 0.717) is 5.69 Å². The van der Waals surface area contributed by atoms with Crippen molar-refractivity contribution in [2.45, 2.75) is 13.0 Å². The molecule has 1 heterocycles. The third-order valence-electron chi connectivity index (χ3n) is 2.78. The minimum absolute atomic E-state index is 0.0925. The van der Waals surface area contributed by atoms with Crippen molar-refractivity contribution in [2.75, 3.05) is 10.6 Å². The summed E-state index contributed by atoms with van der Waals surface area (Å²) in [4.78, 5) is 15.0. The molecule has 0 aliphatic heterocycles. The molecule has 6 nitrogen and oxygen atoms in total. The lowest BCUT2D eigenvalue weighted by Crippen LogP contribution is -2.19. The number of rotatable bonds is 4. The molecule has 0 fully saturated rings. The van der Waals surface area contributed by atoms with E-state index in [9.17, 15) is 4.79 Å². The van der Waals surface area contributed by atoms with E-state index in [0.717, 1.165) is 11.5 Å². The van der Waals surface area contributed by atoms with Gasteiger partial charge in [-0.25, -0.2) is 9.78 Å². The number of aryl methyl sites for hydroxylation is 1. The third-order valence-corrected chi connectivity index (χ3v) is 2.78. The molecule has 4 N–H and O–H groups in total. The van der Waals surface area contributed by atoms with Crippen LogP contribution in [0.25, 0.3) is 0 Å². The van der Waals surface area contributed by atoms with Crippen molar-refractivity contribution in [3.05, 3.63) is 42.5 Å². The molecule has 1 aromatic heterocycles.